The van der Waals surface area contributed by atoms with Crippen LogP contribution in [0.4, 0.5) is 11.6 Å². The lowest BCUT2D eigenvalue weighted by Gasteiger charge is -2.41. The number of aliphatic hydroxyl groups is 1. The maximum absolute atomic E-state index is 13.3. The number of carbonyl (C=O) groups excluding carboxylic acids is 1. The predicted molar refractivity (Wildman–Crippen MR) is 113 cm³/mol. The molecule has 1 fully saturated rings. The lowest BCUT2D eigenvalue weighted by atomic mass is 9.85. The van der Waals surface area contributed by atoms with Crippen molar-refractivity contribution in [1.29, 1.82) is 5.26 Å². The largest absolute Gasteiger partial charge is 0.396 e. The number of piperidine rings is 1. The summed E-state index contributed by atoms with van der Waals surface area (Å²) in [5.41, 5.74) is 6.27. The number of carbonyl (C=O) groups is 1. The van der Waals surface area contributed by atoms with Gasteiger partial charge in [-0.15, -0.1) is 0 Å². The van der Waals surface area contributed by atoms with Crippen LogP contribution in [0.1, 0.15) is 36.4 Å². The van der Waals surface area contributed by atoms with Gasteiger partial charge in [0, 0.05) is 19.7 Å². The minimum Gasteiger partial charge on any atom is -0.396 e. The Bertz CT molecular complexity index is 905. The van der Waals surface area contributed by atoms with Crippen molar-refractivity contribution in [2.24, 2.45) is 0 Å². The van der Waals surface area contributed by atoms with Crippen LogP contribution in [-0.4, -0.2) is 53.3 Å². The number of rotatable bonds is 7. The fourth-order valence-corrected chi connectivity index (χ4v) is 3.86. The maximum Gasteiger partial charge on any atom is 0.240 e. The van der Waals surface area contributed by atoms with Crippen LogP contribution in [0.5, 0.6) is 0 Å². The molecule has 158 valence electrons. The highest BCUT2D eigenvalue weighted by Crippen LogP contribution is 2.29. The van der Waals surface area contributed by atoms with Crippen LogP contribution in [0.15, 0.2) is 36.7 Å². The Labute approximate surface area is 175 Å². The molecule has 1 saturated heterocycles. The van der Waals surface area contributed by atoms with E-state index in [2.05, 4.69) is 26.7 Å². The standard InChI is InChI=1S/C21H27N7O2/c1-24-21(20(30)27-17(7-12-29)15-5-3-2-4-6-15)8-10-28(11-9-21)19-16(13-22)18(23)25-14-26-19/h2-6,14,17,24,29H,7-12H2,1H3,(H,27,30)(H2,23,25,26)/t17-/m0/s1. The van der Waals surface area contributed by atoms with E-state index < -0.39 is 5.54 Å². The summed E-state index contributed by atoms with van der Waals surface area (Å²) in [5, 5.41) is 25.2. The number of hydrogen-bond acceptors (Lipinski definition) is 8. The van der Waals surface area contributed by atoms with Gasteiger partial charge in [-0.25, -0.2) is 9.97 Å². The van der Waals surface area contributed by atoms with Gasteiger partial charge in [0.1, 0.15) is 29.3 Å². The van der Waals surface area contributed by atoms with Crippen molar-refractivity contribution in [1.82, 2.24) is 20.6 Å². The van der Waals surface area contributed by atoms with E-state index in [0.29, 0.717) is 38.2 Å². The van der Waals surface area contributed by atoms with Crippen LogP contribution < -0.4 is 21.3 Å². The monoisotopic (exact) mass is 409 g/mol. The molecule has 0 radical (unpaired) electrons. The van der Waals surface area contributed by atoms with E-state index in [1.165, 1.54) is 6.33 Å². The van der Waals surface area contributed by atoms with Crippen molar-refractivity contribution in [3.63, 3.8) is 0 Å². The summed E-state index contributed by atoms with van der Waals surface area (Å²) in [7, 11) is 1.78. The van der Waals surface area contributed by atoms with Crippen LogP contribution in [0, 0.1) is 11.3 Å². The van der Waals surface area contributed by atoms with Crippen LogP contribution in [-0.2, 0) is 4.79 Å². The second-order valence-electron chi connectivity index (χ2n) is 7.34. The van der Waals surface area contributed by atoms with Gasteiger partial charge in [-0.05, 0) is 31.9 Å². The first-order valence-electron chi connectivity index (χ1n) is 9.96. The molecular weight excluding hydrogens is 382 g/mol. The zero-order valence-corrected chi connectivity index (χ0v) is 17.0. The molecule has 2 aromatic rings. The number of aromatic nitrogens is 2. The van der Waals surface area contributed by atoms with E-state index in [0.717, 1.165) is 5.56 Å². The molecule has 1 aromatic carbocycles. The topological polar surface area (TPSA) is 140 Å². The van der Waals surface area contributed by atoms with E-state index in [4.69, 9.17) is 5.73 Å². The third kappa shape index (κ3) is 4.35. The minimum absolute atomic E-state index is 0.0216. The van der Waals surface area contributed by atoms with Crippen molar-refractivity contribution >= 4 is 17.5 Å². The van der Waals surface area contributed by atoms with Gasteiger partial charge in [-0.2, -0.15) is 5.26 Å². The van der Waals surface area contributed by atoms with E-state index in [-0.39, 0.29) is 29.9 Å². The summed E-state index contributed by atoms with van der Waals surface area (Å²) in [4.78, 5) is 23.3. The zero-order chi connectivity index (χ0) is 21.6. The molecular formula is C21H27N7O2. The SMILES string of the molecule is CNC1(C(=O)N[C@@H](CCO)c2ccccc2)CCN(c2ncnc(N)c2C#N)CC1. The molecule has 1 aliphatic rings. The van der Waals surface area contributed by atoms with Crippen molar-refractivity contribution in [3.05, 3.63) is 47.8 Å². The van der Waals surface area contributed by atoms with E-state index in [9.17, 15) is 15.2 Å². The fraction of sp³-hybridized carbons (Fsp3) is 0.429. The molecule has 1 aliphatic heterocycles. The molecule has 0 spiro atoms. The summed E-state index contributed by atoms with van der Waals surface area (Å²) in [6, 6.07) is 11.4. The Morgan fingerprint density at radius 1 is 1.33 bits per heavy atom. The Balaban J connectivity index is 1.74. The Morgan fingerprint density at radius 2 is 2.03 bits per heavy atom. The molecule has 0 saturated carbocycles. The lowest BCUT2D eigenvalue weighted by molar-refractivity contribution is -0.129. The van der Waals surface area contributed by atoms with Crippen molar-refractivity contribution in [3.8, 4) is 6.07 Å². The number of aliphatic hydroxyl groups excluding tert-OH is 1. The molecule has 0 aliphatic carbocycles. The number of nitrogens with zero attached hydrogens (tertiary/aromatic N) is 4. The van der Waals surface area contributed by atoms with Gasteiger partial charge < -0.3 is 26.4 Å². The molecule has 1 amide bonds. The van der Waals surface area contributed by atoms with Gasteiger partial charge in [0.25, 0.3) is 0 Å². The third-order valence-corrected chi connectivity index (χ3v) is 5.72. The van der Waals surface area contributed by atoms with Gasteiger partial charge in [0.2, 0.25) is 5.91 Å². The number of nitrogen functional groups attached to an aromatic ring is 1. The molecule has 9 heteroatoms. The first-order chi connectivity index (χ1) is 14.5. The Morgan fingerprint density at radius 3 is 2.63 bits per heavy atom. The average Bonchev–Trinajstić information content (AvgIpc) is 2.79. The highest BCUT2D eigenvalue weighted by molar-refractivity contribution is 5.87. The number of benzene rings is 1. The van der Waals surface area contributed by atoms with E-state index in [1.54, 1.807) is 7.05 Å². The Kier molecular flexibility index (Phi) is 6.82. The van der Waals surface area contributed by atoms with Crippen LogP contribution in [0.2, 0.25) is 0 Å². The van der Waals surface area contributed by atoms with Gasteiger partial charge in [0.05, 0.1) is 6.04 Å². The summed E-state index contributed by atoms with van der Waals surface area (Å²) in [6.45, 7) is 1.05. The summed E-state index contributed by atoms with van der Waals surface area (Å²) < 4.78 is 0. The van der Waals surface area contributed by atoms with Crippen LogP contribution >= 0.6 is 0 Å². The zero-order valence-electron chi connectivity index (χ0n) is 17.0. The Hall–Kier alpha value is -3.22. The maximum atomic E-state index is 13.3. The smallest absolute Gasteiger partial charge is 0.240 e. The normalized spacial score (nSPS) is 16.5. The van der Waals surface area contributed by atoms with Gasteiger partial charge in [-0.1, -0.05) is 30.3 Å². The number of nitrogens with two attached hydrogens (primary N) is 1. The molecule has 1 atom stereocenters. The second-order valence-corrected chi connectivity index (χ2v) is 7.34. The minimum atomic E-state index is -0.746. The first-order valence-corrected chi connectivity index (χ1v) is 9.96. The van der Waals surface area contributed by atoms with Gasteiger partial charge >= 0.3 is 0 Å². The van der Waals surface area contributed by atoms with Crippen LogP contribution in [0.25, 0.3) is 0 Å². The molecule has 30 heavy (non-hydrogen) atoms. The summed E-state index contributed by atoms with van der Waals surface area (Å²) >= 11 is 0. The molecule has 0 unspecified atom stereocenters. The fourth-order valence-electron chi connectivity index (χ4n) is 3.86. The third-order valence-electron chi connectivity index (χ3n) is 5.72. The van der Waals surface area contributed by atoms with Crippen molar-refractivity contribution in [2.45, 2.75) is 30.8 Å². The highest BCUT2D eigenvalue weighted by atomic mass is 16.3. The molecule has 2 heterocycles. The number of amides is 1. The average molecular weight is 409 g/mol. The highest BCUT2D eigenvalue weighted by Gasteiger charge is 2.41. The molecule has 3 rings (SSSR count). The number of hydrogen-bond donors (Lipinski definition) is 4. The quantitative estimate of drug-likeness (QED) is 0.525. The summed E-state index contributed by atoms with van der Waals surface area (Å²) in [5.74, 6) is 0.549. The number of anilines is 2. The first kappa shape index (κ1) is 21.5. The van der Waals surface area contributed by atoms with Crippen LogP contribution in [0.3, 0.4) is 0 Å². The van der Waals surface area contributed by atoms with Crippen molar-refractivity contribution in [2.75, 3.05) is 37.4 Å². The van der Waals surface area contributed by atoms with E-state index in [1.807, 2.05) is 35.2 Å². The predicted octanol–water partition coefficient (Wildman–Crippen LogP) is 0.729. The number of nitriles is 1. The number of nitrogens with one attached hydrogen (secondary N) is 2. The second kappa shape index (κ2) is 9.52. The lowest BCUT2D eigenvalue weighted by Crippen LogP contribution is -2.61. The van der Waals surface area contributed by atoms with Gasteiger partial charge in [0.15, 0.2) is 5.82 Å². The van der Waals surface area contributed by atoms with E-state index >= 15 is 0 Å². The number of likely N-dealkylation sites (N-methyl/N-ethyl adjacent to an activating group) is 1. The van der Waals surface area contributed by atoms with Gasteiger partial charge in [-0.3, -0.25) is 4.79 Å². The molecule has 9 nitrogen and oxygen atoms in total. The molecule has 0 bridgehead atoms. The summed E-state index contributed by atoms with van der Waals surface area (Å²) in [6.07, 6.45) is 2.85. The molecule has 1 aromatic heterocycles. The van der Waals surface area contributed by atoms with Crippen molar-refractivity contribution < 1.29 is 9.90 Å². The molecule has 5 N–H and O–H groups in total.